The number of sulfone groups is 1. The highest BCUT2D eigenvalue weighted by Crippen LogP contribution is 2.22. The van der Waals surface area contributed by atoms with Gasteiger partial charge in [0.1, 0.15) is 0 Å². The summed E-state index contributed by atoms with van der Waals surface area (Å²) in [6, 6.07) is 10.5. The number of nitrogens with zero attached hydrogens (tertiary/aromatic N) is 1. The highest BCUT2D eigenvalue weighted by molar-refractivity contribution is 7.93. The van der Waals surface area contributed by atoms with E-state index in [2.05, 4.69) is 0 Å². The van der Waals surface area contributed by atoms with Gasteiger partial charge in [-0.05, 0) is 35.4 Å². The van der Waals surface area contributed by atoms with E-state index < -0.39 is 14.8 Å². The van der Waals surface area contributed by atoms with E-state index in [1.54, 1.807) is 24.3 Å². The van der Waals surface area contributed by atoms with Gasteiger partial charge >= 0.3 is 0 Å². The summed E-state index contributed by atoms with van der Waals surface area (Å²) in [5, 5.41) is 12.2. The molecule has 6 nitrogen and oxygen atoms in total. The predicted molar refractivity (Wildman–Crippen MR) is 90.6 cm³/mol. The van der Waals surface area contributed by atoms with Gasteiger partial charge in [0.05, 0.1) is 10.7 Å². The molecule has 0 atom stereocenters. The normalized spacial score (nSPS) is 11.7. The maximum absolute atomic E-state index is 12.1. The van der Waals surface area contributed by atoms with Gasteiger partial charge in [0, 0.05) is 28.3 Å². The fraction of sp³-hybridized carbons (Fsp3) is 0.0667. The molecule has 2 N–H and O–H groups in total. The van der Waals surface area contributed by atoms with Crippen LogP contribution in [0.2, 0.25) is 5.02 Å². The summed E-state index contributed by atoms with van der Waals surface area (Å²) in [5.41, 5.74) is 6.53. The van der Waals surface area contributed by atoms with E-state index >= 15 is 0 Å². The molecule has 0 aliphatic heterocycles. The van der Waals surface area contributed by atoms with Crippen molar-refractivity contribution in [1.82, 2.24) is 0 Å². The summed E-state index contributed by atoms with van der Waals surface area (Å²) in [5.74, 6) is -0.339. The van der Waals surface area contributed by atoms with Gasteiger partial charge in [0.15, 0.2) is 9.84 Å². The lowest BCUT2D eigenvalue weighted by Gasteiger charge is -2.04. The first-order chi connectivity index (χ1) is 10.8. The average Bonchev–Trinajstić information content (AvgIpc) is 2.47. The van der Waals surface area contributed by atoms with Gasteiger partial charge in [-0.3, -0.25) is 10.1 Å². The molecule has 0 radical (unpaired) electrons. The topological polar surface area (TPSA) is 103 Å². The molecule has 0 aromatic heterocycles. The molecule has 0 fully saturated rings. The molecule has 2 rings (SSSR count). The Morgan fingerprint density at radius 1 is 1.22 bits per heavy atom. The monoisotopic (exact) mass is 352 g/mol. The zero-order valence-electron chi connectivity index (χ0n) is 11.8. The lowest BCUT2D eigenvalue weighted by atomic mass is 10.2. The van der Waals surface area contributed by atoms with Crippen molar-refractivity contribution >= 4 is 38.9 Å². The van der Waals surface area contributed by atoms with Crippen molar-refractivity contribution < 1.29 is 13.3 Å². The molecule has 0 saturated carbocycles. The number of hydrogen-bond acceptors (Lipinski definition) is 5. The Balaban J connectivity index is 2.20. The van der Waals surface area contributed by atoms with Crippen LogP contribution in [0.15, 0.2) is 47.9 Å². The van der Waals surface area contributed by atoms with Gasteiger partial charge in [-0.2, -0.15) is 0 Å². The molecule has 23 heavy (non-hydrogen) atoms. The van der Waals surface area contributed by atoms with Gasteiger partial charge in [-0.15, -0.1) is 0 Å². The van der Waals surface area contributed by atoms with Crippen molar-refractivity contribution in [1.29, 1.82) is 0 Å². The van der Waals surface area contributed by atoms with Gasteiger partial charge < -0.3 is 5.73 Å². The van der Waals surface area contributed by atoms with E-state index in [-0.39, 0.29) is 17.1 Å². The Bertz CT molecular complexity index is 879. The third kappa shape index (κ3) is 4.80. The third-order valence-corrected chi connectivity index (χ3v) is 4.51. The number of non-ortho nitro benzene ring substituents is 1. The van der Waals surface area contributed by atoms with Crippen LogP contribution in [0.1, 0.15) is 11.1 Å². The van der Waals surface area contributed by atoms with Crippen molar-refractivity contribution in [2.75, 3.05) is 5.73 Å². The van der Waals surface area contributed by atoms with E-state index in [1.165, 1.54) is 18.2 Å². The summed E-state index contributed by atoms with van der Waals surface area (Å²) in [6.07, 6.45) is 1.43. The first-order valence-electron chi connectivity index (χ1n) is 6.46. The van der Waals surface area contributed by atoms with Crippen molar-refractivity contribution in [3.63, 3.8) is 0 Å². The Labute approximate surface area is 138 Å². The van der Waals surface area contributed by atoms with E-state index in [1.807, 2.05) is 0 Å². The molecule has 0 aliphatic rings. The van der Waals surface area contributed by atoms with Crippen LogP contribution in [0.25, 0.3) is 6.08 Å². The number of benzene rings is 2. The molecule has 8 heteroatoms. The minimum absolute atomic E-state index is 0.0685. The number of nitrogen functional groups attached to an aromatic ring is 1. The van der Waals surface area contributed by atoms with E-state index in [9.17, 15) is 18.5 Å². The number of nitro benzene ring substituents is 1. The second-order valence-electron chi connectivity index (χ2n) is 4.81. The number of nitro groups is 1. The lowest BCUT2D eigenvalue weighted by molar-refractivity contribution is -0.384. The molecule has 120 valence electrons. The minimum atomic E-state index is -3.57. The van der Waals surface area contributed by atoms with Crippen LogP contribution >= 0.6 is 11.6 Å². The van der Waals surface area contributed by atoms with Gasteiger partial charge in [0.2, 0.25) is 0 Å². The number of anilines is 1. The molecule has 2 aromatic rings. The molecule has 0 spiro atoms. The lowest BCUT2D eigenvalue weighted by Crippen LogP contribution is -2.04. The van der Waals surface area contributed by atoms with Crippen LogP contribution in [-0.4, -0.2) is 13.3 Å². The number of halogens is 1. The first kappa shape index (κ1) is 17.0. The Morgan fingerprint density at radius 3 is 2.57 bits per heavy atom. The van der Waals surface area contributed by atoms with E-state index in [0.29, 0.717) is 16.1 Å². The number of nitrogens with two attached hydrogens (primary N) is 1. The van der Waals surface area contributed by atoms with Crippen LogP contribution in [0, 0.1) is 10.1 Å². The average molecular weight is 353 g/mol. The van der Waals surface area contributed by atoms with Crippen LogP contribution in [0.5, 0.6) is 0 Å². The molecule has 0 bridgehead atoms. The van der Waals surface area contributed by atoms with Crippen molar-refractivity contribution in [2.24, 2.45) is 0 Å². The van der Waals surface area contributed by atoms with Crippen molar-refractivity contribution in [2.45, 2.75) is 5.75 Å². The summed E-state index contributed by atoms with van der Waals surface area (Å²) >= 11 is 5.83. The molecule has 2 aromatic carbocycles. The molecule has 0 heterocycles. The van der Waals surface area contributed by atoms with Crippen LogP contribution in [-0.2, 0) is 15.6 Å². The highest BCUT2D eigenvalue weighted by Gasteiger charge is 2.14. The van der Waals surface area contributed by atoms with E-state index in [0.717, 1.165) is 11.5 Å². The largest absolute Gasteiger partial charge is 0.398 e. The smallest absolute Gasteiger partial charge is 0.271 e. The maximum atomic E-state index is 12.1. The molecule has 0 amide bonds. The quantitative estimate of drug-likeness (QED) is 0.504. The standard InChI is InChI=1S/C15H13ClN2O4S/c16-13-3-1-2-11(8-13)6-7-23(21,22)10-12-4-5-14(18(19)20)9-15(12)17/h1-9H,10,17H2. The first-order valence-corrected chi connectivity index (χ1v) is 8.55. The molecular weight excluding hydrogens is 340 g/mol. The maximum Gasteiger partial charge on any atom is 0.271 e. The van der Waals surface area contributed by atoms with E-state index in [4.69, 9.17) is 17.3 Å². The highest BCUT2D eigenvalue weighted by atomic mass is 35.5. The predicted octanol–water partition coefficient (Wildman–Crippen LogP) is 3.42. The van der Waals surface area contributed by atoms with Crippen molar-refractivity contribution in [3.05, 3.63) is 74.1 Å². The van der Waals surface area contributed by atoms with Crippen LogP contribution in [0.3, 0.4) is 0 Å². The fourth-order valence-corrected chi connectivity index (χ4v) is 3.24. The Morgan fingerprint density at radius 2 is 1.96 bits per heavy atom. The Hall–Kier alpha value is -2.38. The van der Waals surface area contributed by atoms with Gasteiger partial charge in [-0.1, -0.05) is 23.7 Å². The van der Waals surface area contributed by atoms with Crippen molar-refractivity contribution in [3.8, 4) is 0 Å². The Kier molecular flexibility index (Phi) is 5.02. The zero-order valence-corrected chi connectivity index (χ0v) is 13.4. The summed E-state index contributed by atoms with van der Waals surface area (Å²) in [6.45, 7) is 0. The number of hydrogen-bond donors (Lipinski definition) is 1. The molecular formula is C15H13ClN2O4S. The summed E-state index contributed by atoms with van der Waals surface area (Å²) < 4.78 is 24.2. The molecule has 0 unspecified atom stereocenters. The minimum Gasteiger partial charge on any atom is -0.398 e. The SMILES string of the molecule is Nc1cc([N+](=O)[O-])ccc1CS(=O)(=O)C=Cc1cccc(Cl)c1. The second kappa shape index (κ2) is 6.80. The zero-order chi connectivity index (χ0) is 17.0. The molecule has 0 saturated heterocycles. The number of rotatable bonds is 5. The fourth-order valence-electron chi connectivity index (χ4n) is 1.88. The van der Waals surface area contributed by atoms with Crippen LogP contribution in [0.4, 0.5) is 11.4 Å². The van der Waals surface area contributed by atoms with Crippen LogP contribution < -0.4 is 5.73 Å². The summed E-state index contributed by atoms with van der Waals surface area (Å²) in [7, 11) is -3.57. The second-order valence-corrected chi connectivity index (χ2v) is 7.13. The van der Waals surface area contributed by atoms with Gasteiger partial charge in [-0.25, -0.2) is 8.42 Å². The molecule has 0 aliphatic carbocycles. The third-order valence-electron chi connectivity index (χ3n) is 3.01. The summed E-state index contributed by atoms with van der Waals surface area (Å²) in [4.78, 5) is 10.1. The van der Waals surface area contributed by atoms with Gasteiger partial charge in [0.25, 0.3) is 5.69 Å².